The van der Waals surface area contributed by atoms with Crippen LogP contribution in [0.1, 0.15) is 27.4 Å². The summed E-state index contributed by atoms with van der Waals surface area (Å²) < 4.78 is 5.78. The first kappa shape index (κ1) is 18.3. The molecule has 0 aromatic carbocycles. The van der Waals surface area contributed by atoms with Crippen LogP contribution in [0.25, 0.3) is 10.6 Å². The maximum absolute atomic E-state index is 12.1. The van der Waals surface area contributed by atoms with Crippen molar-refractivity contribution in [3.63, 3.8) is 0 Å². The summed E-state index contributed by atoms with van der Waals surface area (Å²) in [4.78, 5) is 29.0. The maximum atomic E-state index is 12.1. The van der Waals surface area contributed by atoms with Gasteiger partial charge in [-0.15, -0.1) is 11.3 Å². The second-order valence-corrected chi connectivity index (χ2v) is 7.02. The molecule has 0 radical (unpaired) electrons. The van der Waals surface area contributed by atoms with Crippen molar-refractivity contribution in [2.24, 2.45) is 0 Å². The molecule has 0 aliphatic heterocycles. The molecule has 0 aliphatic rings. The Bertz CT molecular complexity index is 895. The lowest BCUT2D eigenvalue weighted by molar-refractivity contribution is 0.0944. The number of amides is 2. The summed E-state index contributed by atoms with van der Waals surface area (Å²) in [6.45, 7) is 0.832. The van der Waals surface area contributed by atoms with Crippen LogP contribution in [0.15, 0.2) is 50.9 Å². The lowest BCUT2D eigenvalue weighted by atomic mass is 10.3. The highest BCUT2D eigenvalue weighted by Crippen LogP contribution is 2.24. The summed E-state index contributed by atoms with van der Waals surface area (Å²) in [6.07, 6.45) is 0.584. The zero-order valence-corrected chi connectivity index (χ0v) is 16.0. The Morgan fingerprint density at radius 2 is 1.85 bits per heavy atom. The lowest BCUT2D eigenvalue weighted by Gasteiger charge is -2.05. The number of nitrogens with zero attached hydrogens (tertiary/aromatic N) is 2. The Kier molecular flexibility index (Phi) is 6.13. The fraction of sp³-hybridized carbons (Fsp3) is 0.176. The fourth-order valence-electron chi connectivity index (χ4n) is 2.13. The van der Waals surface area contributed by atoms with Gasteiger partial charge in [-0.05, 0) is 45.9 Å². The van der Waals surface area contributed by atoms with Gasteiger partial charge in [0.2, 0.25) is 0 Å². The Morgan fingerprint density at radius 3 is 2.54 bits per heavy atom. The SMILES string of the molecule is O=C(NCCCNC(=O)c1cccc(Br)n1)c1cc(-c2cccs2)on1. The quantitative estimate of drug-likeness (QED) is 0.439. The zero-order chi connectivity index (χ0) is 18.4. The molecule has 3 aromatic rings. The molecule has 0 saturated heterocycles. The van der Waals surface area contributed by atoms with Gasteiger partial charge in [0.1, 0.15) is 10.3 Å². The topological polar surface area (TPSA) is 97.1 Å². The van der Waals surface area contributed by atoms with Crippen LogP contribution in [-0.2, 0) is 0 Å². The molecule has 0 aliphatic carbocycles. The minimum atomic E-state index is -0.309. The van der Waals surface area contributed by atoms with Crippen LogP contribution in [-0.4, -0.2) is 35.0 Å². The highest BCUT2D eigenvalue weighted by Gasteiger charge is 2.13. The van der Waals surface area contributed by atoms with Gasteiger partial charge >= 0.3 is 0 Å². The normalized spacial score (nSPS) is 10.5. The van der Waals surface area contributed by atoms with Crippen molar-refractivity contribution < 1.29 is 14.1 Å². The van der Waals surface area contributed by atoms with Gasteiger partial charge in [-0.3, -0.25) is 9.59 Å². The molecule has 26 heavy (non-hydrogen) atoms. The smallest absolute Gasteiger partial charge is 0.273 e. The van der Waals surface area contributed by atoms with Crippen LogP contribution < -0.4 is 10.6 Å². The number of aromatic nitrogens is 2. The van der Waals surface area contributed by atoms with Crippen LogP contribution in [0.2, 0.25) is 0 Å². The average Bonchev–Trinajstić information content (AvgIpc) is 3.32. The summed E-state index contributed by atoms with van der Waals surface area (Å²) in [5, 5.41) is 11.2. The number of nitrogens with one attached hydrogen (secondary N) is 2. The summed E-state index contributed by atoms with van der Waals surface area (Å²) in [5.74, 6) is 0.00481. The molecule has 134 valence electrons. The molecule has 3 rings (SSSR count). The van der Waals surface area contributed by atoms with Gasteiger partial charge in [0.05, 0.1) is 4.88 Å². The number of halogens is 1. The van der Waals surface area contributed by atoms with Crippen LogP contribution in [0, 0.1) is 0 Å². The highest BCUT2D eigenvalue weighted by molar-refractivity contribution is 9.10. The molecule has 0 atom stereocenters. The van der Waals surface area contributed by atoms with E-state index >= 15 is 0 Å². The molecular weight excluding hydrogens is 420 g/mol. The molecule has 0 spiro atoms. The van der Waals surface area contributed by atoms with Crippen molar-refractivity contribution >= 4 is 39.1 Å². The van der Waals surface area contributed by atoms with Gasteiger partial charge in [-0.1, -0.05) is 17.3 Å². The predicted octanol–water partition coefficient (Wildman–Crippen LogP) is 3.11. The van der Waals surface area contributed by atoms with E-state index < -0.39 is 0 Å². The van der Waals surface area contributed by atoms with E-state index in [1.54, 1.807) is 24.3 Å². The van der Waals surface area contributed by atoms with E-state index in [1.165, 1.54) is 11.3 Å². The molecular formula is C17H15BrN4O3S. The van der Waals surface area contributed by atoms with Gasteiger partial charge in [0.25, 0.3) is 11.8 Å². The Morgan fingerprint density at radius 1 is 1.08 bits per heavy atom. The minimum absolute atomic E-state index is 0.232. The molecule has 3 aromatic heterocycles. The van der Waals surface area contributed by atoms with Crippen LogP contribution in [0.4, 0.5) is 0 Å². The van der Waals surface area contributed by atoms with E-state index in [4.69, 9.17) is 4.52 Å². The number of hydrogen-bond donors (Lipinski definition) is 2. The third kappa shape index (κ3) is 4.77. The average molecular weight is 435 g/mol. The van der Waals surface area contributed by atoms with E-state index in [1.807, 2.05) is 17.5 Å². The van der Waals surface area contributed by atoms with Gasteiger partial charge in [0, 0.05) is 19.2 Å². The largest absolute Gasteiger partial charge is 0.355 e. The molecule has 9 heteroatoms. The third-order valence-corrected chi connectivity index (χ3v) is 4.71. The molecule has 3 heterocycles. The summed E-state index contributed by atoms with van der Waals surface area (Å²) in [7, 11) is 0. The van der Waals surface area contributed by atoms with Crippen molar-refractivity contribution in [1.82, 2.24) is 20.8 Å². The monoisotopic (exact) mass is 434 g/mol. The Labute approximate surface area is 161 Å². The Balaban J connectivity index is 1.40. The van der Waals surface area contributed by atoms with Crippen molar-refractivity contribution in [3.8, 4) is 10.6 Å². The van der Waals surface area contributed by atoms with E-state index in [-0.39, 0.29) is 17.5 Å². The molecule has 7 nitrogen and oxygen atoms in total. The zero-order valence-electron chi connectivity index (χ0n) is 13.6. The Hall–Kier alpha value is -2.52. The standard InChI is InChI=1S/C17H15BrN4O3S/c18-15-6-1-4-11(21-15)16(23)19-7-3-8-20-17(24)12-10-13(25-22-12)14-5-2-9-26-14/h1-2,4-6,9-10H,3,7-8H2,(H,19,23)(H,20,24). The van der Waals surface area contributed by atoms with Crippen molar-refractivity contribution in [2.45, 2.75) is 6.42 Å². The number of carbonyl (C=O) groups is 2. The van der Waals surface area contributed by atoms with Gasteiger partial charge in [-0.25, -0.2) is 4.98 Å². The molecule has 2 amide bonds. The number of rotatable bonds is 7. The third-order valence-electron chi connectivity index (χ3n) is 3.38. The number of pyridine rings is 1. The van der Waals surface area contributed by atoms with Crippen LogP contribution in [0.3, 0.4) is 0 Å². The van der Waals surface area contributed by atoms with E-state index in [0.29, 0.717) is 35.6 Å². The van der Waals surface area contributed by atoms with E-state index in [9.17, 15) is 9.59 Å². The summed E-state index contributed by atoms with van der Waals surface area (Å²) in [6, 6.07) is 10.5. The first-order valence-electron chi connectivity index (χ1n) is 7.83. The van der Waals surface area contributed by atoms with Gasteiger partial charge < -0.3 is 15.2 Å². The number of thiophene rings is 1. The lowest BCUT2D eigenvalue weighted by Crippen LogP contribution is -2.30. The number of carbonyl (C=O) groups excluding carboxylic acids is 2. The first-order valence-corrected chi connectivity index (χ1v) is 9.50. The predicted molar refractivity (Wildman–Crippen MR) is 101 cm³/mol. The van der Waals surface area contributed by atoms with Gasteiger partial charge in [-0.2, -0.15) is 0 Å². The minimum Gasteiger partial charge on any atom is -0.355 e. The maximum Gasteiger partial charge on any atom is 0.273 e. The van der Waals surface area contributed by atoms with Gasteiger partial charge in [0.15, 0.2) is 11.5 Å². The van der Waals surface area contributed by atoms with Crippen molar-refractivity contribution in [2.75, 3.05) is 13.1 Å². The molecule has 0 unspecified atom stereocenters. The number of hydrogen-bond acceptors (Lipinski definition) is 6. The summed E-state index contributed by atoms with van der Waals surface area (Å²) in [5.41, 5.74) is 0.572. The first-order chi connectivity index (χ1) is 12.6. The molecule has 0 bridgehead atoms. The van der Waals surface area contributed by atoms with Crippen LogP contribution in [0.5, 0.6) is 0 Å². The molecule has 0 fully saturated rings. The van der Waals surface area contributed by atoms with Crippen molar-refractivity contribution in [1.29, 1.82) is 0 Å². The van der Waals surface area contributed by atoms with E-state index in [2.05, 4.69) is 36.7 Å². The fourth-order valence-corrected chi connectivity index (χ4v) is 3.14. The van der Waals surface area contributed by atoms with Crippen LogP contribution >= 0.6 is 27.3 Å². The second kappa shape index (κ2) is 8.72. The highest BCUT2D eigenvalue weighted by atomic mass is 79.9. The van der Waals surface area contributed by atoms with Crippen molar-refractivity contribution in [3.05, 3.63) is 57.8 Å². The molecule has 0 saturated carbocycles. The molecule has 2 N–H and O–H groups in total. The second-order valence-electron chi connectivity index (χ2n) is 5.26. The summed E-state index contributed by atoms with van der Waals surface area (Å²) >= 11 is 4.74. The van der Waals surface area contributed by atoms with E-state index in [0.717, 1.165) is 4.88 Å².